The molecule has 0 saturated heterocycles. The lowest BCUT2D eigenvalue weighted by Crippen LogP contribution is -2.07. The van der Waals surface area contributed by atoms with Gasteiger partial charge in [-0.3, -0.25) is 0 Å². The topological polar surface area (TPSA) is 68.2 Å². The molecule has 19 heavy (non-hydrogen) atoms. The third-order valence-electron chi connectivity index (χ3n) is 2.76. The molecule has 0 radical (unpaired) electrons. The molecule has 0 amide bonds. The van der Waals surface area contributed by atoms with Gasteiger partial charge in [0, 0.05) is 24.4 Å². The zero-order chi connectivity index (χ0) is 13.2. The number of rotatable bonds is 4. The van der Waals surface area contributed by atoms with E-state index in [1.807, 2.05) is 6.07 Å². The number of hydrogen-bond acceptors (Lipinski definition) is 6. The minimum Gasteiger partial charge on any atom is -0.472 e. The van der Waals surface area contributed by atoms with Crippen LogP contribution < -0.4 is 5.32 Å². The van der Waals surface area contributed by atoms with Crippen molar-refractivity contribution in [3.63, 3.8) is 0 Å². The highest BCUT2D eigenvalue weighted by Gasteiger charge is 2.12. The Labute approximate surface area is 114 Å². The van der Waals surface area contributed by atoms with Crippen molar-refractivity contribution >= 4 is 29.2 Å². The fraction of sp³-hybridized carbons (Fsp3) is 0.167. The van der Waals surface area contributed by atoms with Crippen LogP contribution in [0.1, 0.15) is 17.0 Å². The zero-order valence-corrected chi connectivity index (χ0v) is 11.0. The van der Waals surface area contributed by atoms with E-state index in [-0.39, 0.29) is 0 Å². The Balaban J connectivity index is 2.13. The number of thiocarbonyl (C=S) groups is 1. The van der Waals surface area contributed by atoms with Crippen molar-refractivity contribution < 1.29 is 4.42 Å². The van der Waals surface area contributed by atoms with Crippen LogP contribution in [0.25, 0.3) is 5.65 Å². The summed E-state index contributed by atoms with van der Waals surface area (Å²) in [7, 11) is 1.78. The molecule has 0 aromatic carbocycles. The van der Waals surface area contributed by atoms with E-state index < -0.39 is 0 Å². The summed E-state index contributed by atoms with van der Waals surface area (Å²) in [6, 6.07) is 1.92. The smallest absolute Gasteiger partial charge is 0.227 e. The predicted octanol–water partition coefficient (Wildman–Crippen LogP) is 1.70. The molecule has 0 unspecified atom stereocenters. The molecule has 3 aromatic heterocycles. The summed E-state index contributed by atoms with van der Waals surface area (Å²) in [6.07, 6.45) is 5.85. The Hall–Kier alpha value is -2.28. The normalized spacial score (nSPS) is 10.8. The number of furan rings is 1. The second kappa shape index (κ2) is 4.77. The molecule has 0 atom stereocenters. The molecule has 1 N–H and O–H groups in total. The summed E-state index contributed by atoms with van der Waals surface area (Å²) in [4.78, 5) is 8.65. The van der Waals surface area contributed by atoms with Gasteiger partial charge in [-0.25, -0.2) is 4.98 Å². The standard InChI is InChI=1S/C12H11N5OS/c1-13-12-16-10(7-19)15-11-9(5-14-17(11)12)4-8-2-3-18-6-8/h2-3,5-7H,4H2,1H3,(H,13,15,16). The first-order chi connectivity index (χ1) is 9.31. The molecule has 3 heterocycles. The maximum Gasteiger partial charge on any atom is 0.227 e. The van der Waals surface area contributed by atoms with Crippen molar-refractivity contribution in [3.05, 3.63) is 41.7 Å². The van der Waals surface area contributed by atoms with E-state index >= 15 is 0 Å². The molecule has 0 aliphatic heterocycles. The summed E-state index contributed by atoms with van der Waals surface area (Å²) in [5, 5.41) is 8.73. The van der Waals surface area contributed by atoms with Crippen LogP contribution in [0, 0.1) is 0 Å². The lowest BCUT2D eigenvalue weighted by atomic mass is 10.1. The number of nitrogens with zero attached hydrogens (tertiary/aromatic N) is 4. The number of nitrogens with one attached hydrogen (secondary N) is 1. The Bertz CT molecular complexity index is 719. The van der Waals surface area contributed by atoms with Crippen LogP contribution in [0.5, 0.6) is 0 Å². The first kappa shape index (κ1) is 11.8. The molecule has 0 aliphatic rings. The van der Waals surface area contributed by atoms with Crippen molar-refractivity contribution in [1.82, 2.24) is 19.6 Å². The van der Waals surface area contributed by atoms with Gasteiger partial charge < -0.3 is 9.73 Å². The van der Waals surface area contributed by atoms with E-state index in [1.54, 1.807) is 30.3 Å². The number of aromatic nitrogens is 4. The number of hydrogen-bond donors (Lipinski definition) is 1. The lowest BCUT2D eigenvalue weighted by Gasteiger charge is -2.04. The fourth-order valence-corrected chi connectivity index (χ4v) is 2.00. The van der Waals surface area contributed by atoms with E-state index in [0.29, 0.717) is 18.2 Å². The van der Waals surface area contributed by atoms with Crippen LogP contribution in [0.15, 0.2) is 29.2 Å². The van der Waals surface area contributed by atoms with Gasteiger partial charge in [-0.15, -0.1) is 0 Å². The zero-order valence-electron chi connectivity index (χ0n) is 10.2. The quantitative estimate of drug-likeness (QED) is 0.730. The second-order valence-electron chi connectivity index (χ2n) is 3.99. The summed E-state index contributed by atoms with van der Waals surface area (Å²) in [5.41, 5.74) is 2.82. The summed E-state index contributed by atoms with van der Waals surface area (Å²) < 4.78 is 6.73. The van der Waals surface area contributed by atoms with Crippen LogP contribution in [0.3, 0.4) is 0 Å². The molecular weight excluding hydrogens is 262 g/mol. The largest absolute Gasteiger partial charge is 0.472 e. The van der Waals surface area contributed by atoms with E-state index in [4.69, 9.17) is 16.6 Å². The van der Waals surface area contributed by atoms with Crippen LogP contribution in [0.2, 0.25) is 0 Å². The van der Waals surface area contributed by atoms with Crippen molar-refractivity contribution in [3.8, 4) is 0 Å². The minimum atomic E-state index is 0.501. The Kier molecular flexibility index (Phi) is 2.96. The highest BCUT2D eigenvalue weighted by molar-refractivity contribution is 7.79. The Morgan fingerprint density at radius 3 is 3.05 bits per heavy atom. The number of fused-ring (bicyclic) bond motifs is 1. The lowest BCUT2D eigenvalue weighted by molar-refractivity contribution is 0.564. The van der Waals surface area contributed by atoms with Crippen molar-refractivity contribution in [2.45, 2.75) is 6.42 Å². The molecule has 3 aromatic rings. The van der Waals surface area contributed by atoms with Crippen LogP contribution in [-0.2, 0) is 6.42 Å². The monoisotopic (exact) mass is 273 g/mol. The molecular formula is C12H11N5OS. The van der Waals surface area contributed by atoms with Gasteiger partial charge in [0.15, 0.2) is 11.5 Å². The molecule has 3 rings (SSSR count). The molecule has 7 heteroatoms. The molecule has 0 saturated carbocycles. The molecule has 0 spiro atoms. The van der Waals surface area contributed by atoms with Crippen molar-refractivity contribution in [2.24, 2.45) is 0 Å². The summed E-state index contributed by atoms with van der Waals surface area (Å²) >= 11 is 4.90. The first-order valence-electron chi connectivity index (χ1n) is 5.70. The van der Waals surface area contributed by atoms with Gasteiger partial charge in [-0.2, -0.15) is 14.6 Å². The van der Waals surface area contributed by atoms with Gasteiger partial charge in [0.2, 0.25) is 5.95 Å². The Morgan fingerprint density at radius 2 is 2.37 bits per heavy atom. The van der Waals surface area contributed by atoms with E-state index in [0.717, 1.165) is 16.8 Å². The highest BCUT2D eigenvalue weighted by Crippen LogP contribution is 2.16. The van der Waals surface area contributed by atoms with Crippen molar-refractivity contribution in [1.29, 1.82) is 0 Å². The second-order valence-corrected chi connectivity index (χ2v) is 4.22. The van der Waals surface area contributed by atoms with Gasteiger partial charge in [-0.1, -0.05) is 12.2 Å². The SMILES string of the molecule is CNc1nc(C=S)nc2c(Cc3ccoc3)cnn12. The number of anilines is 1. The predicted molar refractivity (Wildman–Crippen MR) is 74.6 cm³/mol. The summed E-state index contributed by atoms with van der Waals surface area (Å²) in [6.45, 7) is 0. The highest BCUT2D eigenvalue weighted by atomic mass is 32.1. The van der Waals surface area contributed by atoms with Crippen LogP contribution in [-0.4, -0.2) is 32.0 Å². The van der Waals surface area contributed by atoms with E-state index in [2.05, 4.69) is 20.4 Å². The maximum absolute atomic E-state index is 5.07. The van der Waals surface area contributed by atoms with Crippen molar-refractivity contribution in [2.75, 3.05) is 12.4 Å². The average molecular weight is 273 g/mol. The minimum absolute atomic E-state index is 0.501. The third-order valence-corrected chi connectivity index (χ3v) is 2.97. The van der Waals surface area contributed by atoms with Crippen LogP contribution in [0.4, 0.5) is 5.95 Å². The van der Waals surface area contributed by atoms with Gasteiger partial charge >= 0.3 is 0 Å². The molecule has 6 nitrogen and oxygen atoms in total. The van der Waals surface area contributed by atoms with Gasteiger partial charge in [0.1, 0.15) is 0 Å². The molecule has 96 valence electrons. The summed E-state index contributed by atoms with van der Waals surface area (Å²) in [5.74, 6) is 1.11. The maximum atomic E-state index is 5.07. The van der Waals surface area contributed by atoms with Gasteiger partial charge in [0.25, 0.3) is 0 Å². The fourth-order valence-electron chi connectivity index (χ4n) is 1.89. The molecule has 0 bridgehead atoms. The third kappa shape index (κ3) is 2.08. The average Bonchev–Trinajstić information content (AvgIpc) is 3.08. The van der Waals surface area contributed by atoms with Gasteiger partial charge in [-0.05, 0) is 11.6 Å². The first-order valence-corrected chi connectivity index (χ1v) is 6.17. The van der Waals surface area contributed by atoms with E-state index in [9.17, 15) is 0 Å². The molecule has 0 aliphatic carbocycles. The van der Waals surface area contributed by atoms with E-state index in [1.165, 1.54) is 5.37 Å². The van der Waals surface area contributed by atoms with Crippen LogP contribution >= 0.6 is 12.2 Å². The van der Waals surface area contributed by atoms with Gasteiger partial charge in [0.05, 0.1) is 18.7 Å². The Morgan fingerprint density at radius 1 is 1.47 bits per heavy atom. The molecule has 0 fully saturated rings.